The highest BCUT2D eigenvalue weighted by atomic mass is 35.5. The van der Waals surface area contributed by atoms with E-state index in [9.17, 15) is 9.59 Å². The molecule has 2 amide bonds. The maximum atomic E-state index is 12.2. The van der Waals surface area contributed by atoms with E-state index in [1.165, 1.54) is 0 Å². The lowest BCUT2D eigenvalue weighted by molar-refractivity contribution is -0.126. The molecule has 1 fully saturated rings. The number of nitrogens with zero attached hydrogens (tertiary/aromatic N) is 2. The first kappa shape index (κ1) is 12.8. The van der Waals surface area contributed by atoms with Crippen LogP contribution in [0.25, 0.3) is 0 Å². The van der Waals surface area contributed by atoms with E-state index in [0.717, 1.165) is 0 Å². The number of amides is 2. The van der Waals surface area contributed by atoms with Crippen molar-refractivity contribution in [1.29, 1.82) is 0 Å². The van der Waals surface area contributed by atoms with Gasteiger partial charge in [-0.1, -0.05) is 17.7 Å². The van der Waals surface area contributed by atoms with Crippen LogP contribution in [0.5, 0.6) is 0 Å². The monoisotopic (exact) mass is 267 g/mol. The summed E-state index contributed by atoms with van der Waals surface area (Å²) in [5.41, 5.74) is 4.99. The van der Waals surface area contributed by atoms with Crippen LogP contribution in [0.4, 0.5) is 0 Å². The fourth-order valence-corrected chi connectivity index (χ4v) is 2.19. The number of halogens is 1. The van der Waals surface area contributed by atoms with Gasteiger partial charge in [0.2, 0.25) is 5.91 Å². The molecule has 5 nitrogen and oxygen atoms in total. The van der Waals surface area contributed by atoms with Gasteiger partial charge in [-0.3, -0.25) is 9.59 Å². The average molecular weight is 268 g/mol. The quantitative estimate of drug-likeness (QED) is 0.815. The minimum atomic E-state index is -0.645. The maximum absolute atomic E-state index is 12.2. The Balaban J connectivity index is 2.15. The van der Waals surface area contributed by atoms with Crippen LogP contribution < -0.4 is 5.73 Å². The second-order valence-electron chi connectivity index (χ2n) is 4.75. The summed E-state index contributed by atoms with van der Waals surface area (Å²) in [5, 5.41) is 0.276. The summed E-state index contributed by atoms with van der Waals surface area (Å²) in [4.78, 5) is 29.0. The highest BCUT2D eigenvalue weighted by molar-refractivity contribution is 6.29. The van der Waals surface area contributed by atoms with Crippen molar-refractivity contribution in [2.24, 2.45) is 11.1 Å². The van der Waals surface area contributed by atoms with Gasteiger partial charge in [-0.15, -0.1) is 0 Å². The largest absolute Gasteiger partial charge is 0.369 e. The van der Waals surface area contributed by atoms with Crippen molar-refractivity contribution in [1.82, 2.24) is 9.88 Å². The molecule has 0 radical (unpaired) electrons. The van der Waals surface area contributed by atoms with Crippen molar-refractivity contribution in [3.8, 4) is 0 Å². The number of pyridine rings is 1. The highest BCUT2D eigenvalue weighted by Crippen LogP contribution is 2.30. The Labute approximate surface area is 110 Å². The Morgan fingerprint density at radius 1 is 1.50 bits per heavy atom. The summed E-state index contributed by atoms with van der Waals surface area (Å²) >= 11 is 5.75. The molecule has 0 aliphatic carbocycles. The number of hydrogen-bond donors (Lipinski definition) is 1. The Morgan fingerprint density at radius 2 is 2.22 bits per heavy atom. The molecule has 0 aromatic carbocycles. The lowest BCUT2D eigenvalue weighted by Gasteiger charge is -2.20. The van der Waals surface area contributed by atoms with Crippen LogP contribution in [0.3, 0.4) is 0 Å². The molecular formula is C12H14ClN3O2. The molecule has 1 aliphatic heterocycles. The van der Waals surface area contributed by atoms with Gasteiger partial charge in [0, 0.05) is 13.1 Å². The van der Waals surface area contributed by atoms with Crippen LogP contribution in [0, 0.1) is 5.41 Å². The second-order valence-corrected chi connectivity index (χ2v) is 5.13. The summed E-state index contributed by atoms with van der Waals surface area (Å²) in [6.07, 6.45) is 0.578. The first-order valence-corrected chi connectivity index (χ1v) is 6.02. The standard InChI is InChI=1S/C12H14ClN3O2/c1-12(11(14)18)5-6-16(7-12)10(17)8-3-2-4-9(13)15-8/h2-4H,5-7H2,1H3,(H2,14,18). The first-order valence-electron chi connectivity index (χ1n) is 5.64. The third kappa shape index (κ3) is 2.31. The van der Waals surface area contributed by atoms with E-state index in [0.29, 0.717) is 19.5 Å². The minimum Gasteiger partial charge on any atom is -0.369 e. The van der Waals surface area contributed by atoms with Crippen molar-refractivity contribution < 1.29 is 9.59 Å². The van der Waals surface area contributed by atoms with Gasteiger partial charge in [0.15, 0.2) is 0 Å². The van der Waals surface area contributed by atoms with Crippen molar-refractivity contribution in [2.45, 2.75) is 13.3 Å². The van der Waals surface area contributed by atoms with E-state index in [-0.39, 0.29) is 22.7 Å². The van der Waals surface area contributed by atoms with Crippen LogP contribution in [0.15, 0.2) is 18.2 Å². The third-order valence-corrected chi connectivity index (χ3v) is 3.50. The molecule has 2 heterocycles. The number of aromatic nitrogens is 1. The number of nitrogens with two attached hydrogens (primary N) is 1. The lowest BCUT2D eigenvalue weighted by atomic mass is 9.89. The van der Waals surface area contributed by atoms with Gasteiger partial charge < -0.3 is 10.6 Å². The van der Waals surface area contributed by atoms with Gasteiger partial charge in [-0.2, -0.15) is 0 Å². The van der Waals surface area contributed by atoms with Crippen LogP contribution in [-0.4, -0.2) is 34.8 Å². The summed E-state index contributed by atoms with van der Waals surface area (Å²) in [6, 6.07) is 4.88. The Hall–Kier alpha value is -1.62. The Bertz CT molecular complexity index is 506. The van der Waals surface area contributed by atoms with Gasteiger partial charge in [0.05, 0.1) is 5.41 Å². The van der Waals surface area contributed by atoms with E-state index in [1.54, 1.807) is 30.0 Å². The van der Waals surface area contributed by atoms with Crippen molar-refractivity contribution >= 4 is 23.4 Å². The van der Waals surface area contributed by atoms with E-state index >= 15 is 0 Å². The SMILES string of the molecule is CC1(C(N)=O)CCN(C(=O)c2cccc(Cl)n2)C1. The van der Waals surface area contributed by atoms with Gasteiger partial charge in [0.25, 0.3) is 5.91 Å². The van der Waals surface area contributed by atoms with Gasteiger partial charge in [-0.05, 0) is 25.5 Å². The van der Waals surface area contributed by atoms with Gasteiger partial charge >= 0.3 is 0 Å². The summed E-state index contributed by atoms with van der Waals surface area (Å²) in [5.74, 6) is -0.598. The molecule has 0 saturated carbocycles. The molecule has 2 N–H and O–H groups in total. The molecule has 0 spiro atoms. The average Bonchev–Trinajstić information content (AvgIpc) is 2.72. The molecule has 1 aromatic heterocycles. The summed E-state index contributed by atoms with van der Waals surface area (Å²) in [6.45, 7) is 2.61. The second kappa shape index (κ2) is 4.57. The zero-order valence-corrected chi connectivity index (χ0v) is 10.8. The zero-order valence-electron chi connectivity index (χ0n) is 10.0. The molecule has 0 bridgehead atoms. The predicted octanol–water partition coefficient (Wildman–Crippen LogP) is 1.07. The molecule has 1 unspecified atom stereocenters. The van der Waals surface area contributed by atoms with E-state index < -0.39 is 5.41 Å². The lowest BCUT2D eigenvalue weighted by Crippen LogP contribution is -2.38. The molecular weight excluding hydrogens is 254 g/mol. The normalized spacial score (nSPS) is 23.1. The number of primary amides is 1. The van der Waals surface area contributed by atoms with Crippen LogP contribution in [0.2, 0.25) is 5.15 Å². The number of carbonyl (C=O) groups excluding carboxylic acids is 2. The van der Waals surface area contributed by atoms with E-state index in [4.69, 9.17) is 17.3 Å². The smallest absolute Gasteiger partial charge is 0.272 e. The van der Waals surface area contributed by atoms with Crippen LogP contribution in [0.1, 0.15) is 23.8 Å². The third-order valence-electron chi connectivity index (χ3n) is 3.29. The zero-order chi connectivity index (χ0) is 13.3. The summed E-state index contributed by atoms with van der Waals surface area (Å²) in [7, 11) is 0. The Morgan fingerprint density at radius 3 is 2.78 bits per heavy atom. The molecule has 1 aromatic rings. The van der Waals surface area contributed by atoms with E-state index in [2.05, 4.69) is 4.98 Å². The molecule has 6 heteroatoms. The van der Waals surface area contributed by atoms with Crippen LogP contribution in [-0.2, 0) is 4.79 Å². The van der Waals surface area contributed by atoms with E-state index in [1.807, 2.05) is 0 Å². The topological polar surface area (TPSA) is 76.3 Å². The van der Waals surface area contributed by atoms with Crippen molar-refractivity contribution in [2.75, 3.05) is 13.1 Å². The number of rotatable bonds is 2. The summed E-state index contributed by atoms with van der Waals surface area (Å²) < 4.78 is 0. The fourth-order valence-electron chi connectivity index (χ4n) is 2.02. The number of likely N-dealkylation sites (tertiary alicyclic amines) is 1. The highest BCUT2D eigenvalue weighted by Gasteiger charge is 2.41. The van der Waals surface area contributed by atoms with Crippen molar-refractivity contribution in [3.05, 3.63) is 29.0 Å². The molecule has 1 atom stereocenters. The predicted molar refractivity (Wildman–Crippen MR) is 67.1 cm³/mol. The molecule has 1 aliphatic rings. The fraction of sp³-hybridized carbons (Fsp3) is 0.417. The number of carbonyl (C=O) groups is 2. The number of hydrogen-bond acceptors (Lipinski definition) is 3. The van der Waals surface area contributed by atoms with Gasteiger partial charge in [-0.25, -0.2) is 4.98 Å². The molecule has 2 rings (SSSR count). The molecule has 1 saturated heterocycles. The Kier molecular flexibility index (Phi) is 3.26. The van der Waals surface area contributed by atoms with Gasteiger partial charge in [0.1, 0.15) is 10.8 Å². The van der Waals surface area contributed by atoms with Crippen molar-refractivity contribution in [3.63, 3.8) is 0 Å². The van der Waals surface area contributed by atoms with Crippen LogP contribution >= 0.6 is 11.6 Å². The first-order chi connectivity index (χ1) is 8.42. The minimum absolute atomic E-state index is 0.220. The molecule has 18 heavy (non-hydrogen) atoms. The molecule has 96 valence electrons. The maximum Gasteiger partial charge on any atom is 0.272 e.